The molecule has 2 N–H and O–H groups in total. The van der Waals surface area contributed by atoms with E-state index in [9.17, 15) is 0 Å². The van der Waals surface area contributed by atoms with Gasteiger partial charge in [0, 0.05) is 24.8 Å². The van der Waals surface area contributed by atoms with E-state index < -0.39 is 0 Å². The molecule has 2 aromatic heterocycles. The van der Waals surface area contributed by atoms with Crippen molar-refractivity contribution in [3.8, 4) is 0 Å². The van der Waals surface area contributed by atoms with Crippen LogP contribution in [0.5, 0.6) is 0 Å². The van der Waals surface area contributed by atoms with Crippen LogP contribution in [0.1, 0.15) is 11.1 Å². The van der Waals surface area contributed by atoms with Gasteiger partial charge in [-0.05, 0) is 32.9 Å². The molecule has 0 radical (unpaired) electrons. The molecule has 0 aliphatic heterocycles. The molecule has 74 valence electrons. The summed E-state index contributed by atoms with van der Waals surface area (Å²) >= 11 is 5.15. The first kappa shape index (κ1) is 9.89. The quantitative estimate of drug-likeness (QED) is 0.897. The normalized spacial score (nSPS) is 10.6. The van der Waals surface area contributed by atoms with Crippen LogP contribution in [0.15, 0.2) is 27.6 Å². The molecule has 0 fully saturated rings. The van der Waals surface area contributed by atoms with Gasteiger partial charge in [0.15, 0.2) is 0 Å². The number of nitrogens with zero attached hydrogens (tertiary/aromatic N) is 1. The summed E-state index contributed by atoms with van der Waals surface area (Å²) in [5, 5.41) is 12.2. The fourth-order valence-electron chi connectivity index (χ4n) is 1.16. The second kappa shape index (κ2) is 4.72. The van der Waals surface area contributed by atoms with E-state index in [4.69, 9.17) is 0 Å². The lowest BCUT2D eigenvalue weighted by Crippen LogP contribution is -2.11. The van der Waals surface area contributed by atoms with Crippen LogP contribution in [-0.2, 0) is 13.1 Å². The molecule has 2 rings (SSSR count). The zero-order valence-electron chi connectivity index (χ0n) is 7.46. The fourth-order valence-corrected chi connectivity index (χ4v) is 2.37. The Morgan fingerprint density at radius 3 is 2.93 bits per heavy atom. The minimum Gasteiger partial charge on any atom is -0.308 e. The van der Waals surface area contributed by atoms with Crippen molar-refractivity contribution < 1.29 is 0 Å². The average Bonchev–Trinajstić information content (AvgIpc) is 2.77. The van der Waals surface area contributed by atoms with Gasteiger partial charge in [-0.25, -0.2) is 0 Å². The molecule has 0 amide bonds. The number of rotatable bonds is 4. The van der Waals surface area contributed by atoms with E-state index >= 15 is 0 Å². The van der Waals surface area contributed by atoms with Crippen LogP contribution in [0, 0.1) is 0 Å². The summed E-state index contributed by atoms with van der Waals surface area (Å²) in [5.74, 6) is 0. The first-order valence-electron chi connectivity index (χ1n) is 4.26. The van der Waals surface area contributed by atoms with Crippen LogP contribution in [0.3, 0.4) is 0 Å². The van der Waals surface area contributed by atoms with Gasteiger partial charge >= 0.3 is 0 Å². The van der Waals surface area contributed by atoms with Crippen LogP contribution in [0.2, 0.25) is 0 Å². The van der Waals surface area contributed by atoms with E-state index in [0.29, 0.717) is 0 Å². The summed E-state index contributed by atoms with van der Waals surface area (Å²) < 4.78 is 1.18. The third-order valence-corrected chi connectivity index (χ3v) is 3.39. The Morgan fingerprint density at radius 1 is 1.43 bits per heavy atom. The first-order valence-corrected chi connectivity index (χ1v) is 5.93. The van der Waals surface area contributed by atoms with Crippen LogP contribution in [-0.4, -0.2) is 10.2 Å². The Labute approximate surface area is 94.7 Å². The van der Waals surface area contributed by atoms with Crippen molar-refractivity contribution in [3.05, 3.63) is 38.8 Å². The summed E-state index contributed by atoms with van der Waals surface area (Å²) in [5.41, 5.74) is 2.49. The van der Waals surface area contributed by atoms with Gasteiger partial charge in [-0.1, -0.05) is 0 Å². The number of aromatic nitrogens is 2. The molecule has 0 aliphatic carbocycles. The van der Waals surface area contributed by atoms with Gasteiger partial charge in [0.05, 0.1) is 9.98 Å². The largest absolute Gasteiger partial charge is 0.308 e. The SMILES string of the molecule is Brc1cc(CNCc2cn[nH]c2)cs1. The number of hydrogen-bond donors (Lipinski definition) is 2. The summed E-state index contributed by atoms with van der Waals surface area (Å²) in [6, 6.07) is 2.13. The van der Waals surface area contributed by atoms with E-state index in [-0.39, 0.29) is 0 Å². The lowest BCUT2D eigenvalue weighted by Gasteiger charge is -1.99. The molecule has 2 heterocycles. The standard InChI is InChI=1S/C9H10BrN3S/c10-9-1-7(6-14-9)2-11-3-8-4-12-13-5-8/h1,4-6,11H,2-3H2,(H,12,13). The van der Waals surface area contributed by atoms with Crippen molar-refractivity contribution in [1.82, 2.24) is 15.5 Å². The number of H-pyrrole nitrogens is 1. The molecule has 0 spiro atoms. The average molecular weight is 272 g/mol. The summed E-state index contributed by atoms with van der Waals surface area (Å²) in [6.07, 6.45) is 3.73. The Bertz CT molecular complexity index is 382. The molecule has 14 heavy (non-hydrogen) atoms. The molecule has 0 unspecified atom stereocenters. The van der Waals surface area contributed by atoms with E-state index in [2.05, 4.69) is 42.9 Å². The maximum absolute atomic E-state index is 3.88. The number of nitrogens with one attached hydrogen (secondary N) is 2. The third-order valence-electron chi connectivity index (χ3n) is 1.83. The maximum Gasteiger partial charge on any atom is 0.0701 e. The molecular weight excluding hydrogens is 262 g/mol. The number of aromatic amines is 1. The van der Waals surface area contributed by atoms with Gasteiger partial charge in [-0.15, -0.1) is 11.3 Å². The van der Waals surface area contributed by atoms with Crippen molar-refractivity contribution >= 4 is 27.3 Å². The summed E-state index contributed by atoms with van der Waals surface area (Å²) in [7, 11) is 0. The first-order chi connectivity index (χ1) is 6.84. The topological polar surface area (TPSA) is 40.7 Å². The van der Waals surface area contributed by atoms with Crippen molar-refractivity contribution in [2.24, 2.45) is 0 Å². The second-order valence-corrected chi connectivity index (χ2v) is 5.26. The lowest BCUT2D eigenvalue weighted by molar-refractivity contribution is 0.695. The summed E-state index contributed by atoms with van der Waals surface area (Å²) in [4.78, 5) is 0. The molecular formula is C9H10BrN3S. The van der Waals surface area contributed by atoms with E-state index in [1.165, 1.54) is 14.9 Å². The highest BCUT2D eigenvalue weighted by Crippen LogP contribution is 2.20. The van der Waals surface area contributed by atoms with Gasteiger partial charge in [0.1, 0.15) is 0 Å². The van der Waals surface area contributed by atoms with Crippen molar-refractivity contribution in [3.63, 3.8) is 0 Å². The van der Waals surface area contributed by atoms with Crippen molar-refractivity contribution in [2.45, 2.75) is 13.1 Å². The highest BCUT2D eigenvalue weighted by molar-refractivity contribution is 9.11. The predicted octanol–water partition coefficient (Wildman–Crippen LogP) is 2.52. The van der Waals surface area contributed by atoms with Gasteiger partial charge in [0.25, 0.3) is 0 Å². The molecule has 0 saturated carbocycles. The molecule has 5 heteroatoms. The van der Waals surface area contributed by atoms with Crippen LogP contribution >= 0.6 is 27.3 Å². The highest BCUT2D eigenvalue weighted by Gasteiger charge is 1.97. The Balaban J connectivity index is 1.78. The van der Waals surface area contributed by atoms with Crippen molar-refractivity contribution in [1.29, 1.82) is 0 Å². The monoisotopic (exact) mass is 271 g/mol. The molecule has 0 aromatic carbocycles. The van der Waals surface area contributed by atoms with Crippen molar-refractivity contribution in [2.75, 3.05) is 0 Å². The molecule has 0 bridgehead atoms. The minimum absolute atomic E-state index is 0.851. The van der Waals surface area contributed by atoms with E-state index in [1.807, 2.05) is 12.4 Å². The Kier molecular flexibility index (Phi) is 3.34. The maximum atomic E-state index is 3.88. The van der Waals surface area contributed by atoms with Gasteiger partial charge in [-0.2, -0.15) is 5.10 Å². The molecule has 0 saturated heterocycles. The fraction of sp³-hybridized carbons (Fsp3) is 0.222. The molecule has 2 aromatic rings. The van der Waals surface area contributed by atoms with Gasteiger partial charge < -0.3 is 5.32 Å². The van der Waals surface area contributed by atoms with E-state index in [1.54, 1.807) is 11.3 Å². The molecule has 3 nitrogen and oxygen atoms in total. The van der Waals surface area contributed by atoms with Crippen LogP contribution < -0.4 is 5.32 Å². The van der Waals surface area contributed by atoms with E-state index in [0.717, 1.165) is 13.1 Å². The zero-order valence-corrected chi connectivity index (χ0v) is 9.86. The van der Waals surface area contributed by atoms with Gasteiger partial charge in [-0.3, -0.25) is 5.10 Å². The zero-order chi connectivity index (χ0) is 9.80. The molecule has 0 atom stereocenters. The van der Waals surface area contributed by atoms with Crippen LogP contribution in [0.4, 0.5) is 0 Å². The lowest BCUT2D eigenvalue weighted by atomic mass is 10.3. The Hall–Kier alpha value is -0.650. The Morgan fingerprint density at radius 2 is 2.29 bits per heavy atom. The highest BCUT2D eigenvalue weighted by atomic mass is 79.9. The number of halogens is 1. The van der Waals surface area contributed by atoms with Crippen LogP contribution in [0.25, 0.3) is 0 Å². The predicted molar refractivity (Wildman–Crippen MR) is 61.2 cm³/mol. The third kappa shape index (κ3) is 2.67. The van der Waals surface area contributed by atoms with Gasteiger partial charge in [0.2, 0.25) is 0 Å². The number of hydrogen-bond acceptors (Lipinski definition) is 3. The minimum atomic E-state index is 0.851. The molecule has 0 aliphatic rings. The smallest absolute Gasteiger partial charge is 0.0701 e. The summed E-state index contributed by atoms with van der Waals surface area (Å²) in [6.45, 7) is 1.75. The second-order valence-electron chi connectivity index (χ2n) is 2.97. The number of thiophene rings is 1.